The Hall–Kier alpha value is -0.160. The van der Waals surface area contributed by atoms with Gasteiger partial charge in [0, 0.05) is 12.2 Å². The molecule has 0 aromatic heterocycles. The number of aliphatic hydroxyl groups is 2. The summed E-state index contributed by atoms with van der Waals surface area (Å²) in [6.45, 7) is 8.72. The fraction of sp³-hybridized carbons (Fsp3) is 1.00. The highest BCUT2D eigenvalue weighted by Crippen LogP contribution is 1.65. The molecule has 0 aliphatic heterocycles. The molecule has 0 rings (SSSR count). The fourth-order valence-corrected chi connectivity index (χ4v) is 0.279. The highest BCUT2D eigenvalue weighted by Gasteiger charge is 1.73. The van der Waals surface area contributed by atoms with E-state index in [1.807, 2.05) is 7.05 Å². The maximum Gasteiger partial charge on any atom is 0.0483 e. The Bertz CT molecular complexity index is 63.0. The second kappa shape index (κ2) is 18.6. The van der Waals surface area contributed by atoms with E-state index in [0.717, 1.165) is 19.5 Å². The van der Waals surface area contributed by atoms with Crippen LogP contribution in [0.4, 0.5) is 0 Å². The Labute approximate surface area is 88.5 Å². The second-order valence-electron chi connectivity index (χ2n) is 3.43. The van der Waals surface area contributed by atoms with Crippen LogP contribution in [-0.2, 0) is 0 Å². The number of nitrogens with one attached hydrogen (secondary N) is 1. The van der Waals surface area contributed by atoms with E-state index >= 15 is 0 Å². The fourth-order valence-electron chi connectivity index (χ4n) is 0.279. The van der Waals surface area contributed by atoms with Crippen molar-refractivity contribution in [2.24, 2.45) is 5.73 Å². The highest BCUT2D eigenvalue weighted by atomic mass is 16.3. The van der Waals surface area contributed by atoms with E-state index in [0.29, 0.717) is 0 Å². The molecule has 0 aliphatic carbocycles. The molecular weight excluding hydrogens is 180 g/mol. The van der Waals surface area contributed by atoms with Crippen molar-refractivity contribution in [3.8, 4) is 0 Å². The zero-order chi connectivity index (χ0) is 12.0. The van der Waals surface area contributed by atoms with Gasteiger partial charge in [0.15, 0.2) is 0 Å². The molecule has 0 bridgehead atoms. The van der Waals surface area contributed by atoms with Gasteiger partial charge in [-0.25, -0.2) is 0 Å². The number of hydrogen-bond acceptors (Lipinski definition) is 4. The zero-order valence-corrected chi connectivity index (χ0v) is 10.2. The van der Waals surface area contributed by atoms with Crippen molar-refractivity contribution < 1.29 is 10.2 Å². The highest BCUT2D eigenvalue weighted by molar-refractivity contribution is 4.38. The van der Waals surface area contributed by atoms with Crippen molar-refractivity contribution in [2.45, 2.75) is 46.3 Å². The molecule has 0 unspecified atom stereocenters. The summed E-state index contributed by atoms with van der Waals surface area (Å²) >= 11 is 0. The van der Waals surface area contributed by atoms with Crippen LogP contribution in [0, 0.1) is 0 Å². The molecule has 4 heteroatoms. The average Bonchev–Trinajstić information content (AvgIpc) is 1.98. The molecule has 0 saturated carbocycles. The standard InChI is InChI=1S/C4H12N2.2C3H8O/c1-6-4-2-3-5;2*1-3(2)4/h6H,2-5H2,1H3;2*3-4H,1-2H3. The van der Waals surface area contributed by atoms with Crippen molar-refractivity contribution >= 4 is 0 Å². The van der Waals surface area contributed by atoms with Crippen LogP contribution in [0.3, 0.4) is 0 Å². The molecule has 0 fully saturated rings. The number of hydrogen-bond donors (Lipinski definition) is 4. The van der Waals surface area contributed by atoms with Crippen LogP contribution in [0.5, 0.6) is 0 Å². The van der Waals surface area contributed by atoms with Crippen molar-refractivity contribution in [3.05, 3.63) is 0 Å². The van der Waals surface area contributed by atoms with Gasteiger partial charge < -0.3 is 21.3 Å². The molecule has 0 spiro atoms. The van der Waals surface area contributed by atoms with Gasteiger partial charge in [0.1, 0.15) is 0 Å². The normalized spacial score (nSPS) is 9.00. The maximum absolute atomic E-state index is 8.06. The van der Waals surface area contributed by atoms with E-state index in [1.54, 1.807) is 27.7 Å². The van der Waals surface area contributed by atoms with E-state index < -0.39 is 0 Å². The third-order valence-corrected chi connectivity index (χ3v) is 0.631. The summed E-state index contributed by atoms with van der Waals surface area (Å²) in [6.07, 6.45) is 0.747. The second-order valence-corrected chi connectivity index (χ2v) is 3.43. The van der Waals surface area contributed by atoms with E-state index in [4.69, 9.17) is 15.9 Å². The first-order valence-corrected chi connectivity index (χ1v) is 5.09. The monoisotopic (exact) mass is 208 g/mol. The Balaban J connectivity index is -0.000000135. The van der Waals surface area contributed by atoms with Gasteiger partial charge in [-0.05, 0) is 54.3 Å². The first-order valence-electron chi connectivity index (χ1n) is 5.09. The molecule has 0 amide bonds. The first-order chi connectivity index (χ1) is 6.38. The Morgan fingerprint density at radius 2 is 1.36 bits per heavy atom. The number of nitrogens with two attached hydrogens (primary N) is 1. The van der Waals surface area contributed by atoms with Gasteiger partial charge in [-0.15, -0.1) is 0 Å². The van der Waals surface area contributed by atoms with Gasteiger partial charge in [0.2, 0.25) is 0 Å². The van der Waals surface area contributed by atoms with Crippen LogP contribution < -0.4 is 11.1 Å². The van der Waals surface area contributed by atoms with E-state index in [2.05, 4.69) is 5.32 Å². The minimum absolute atomic E-state index is 0.167. The Morgan fingerprint density at radius 1 is 1.07 bits per heavy atom. The molecule has 0 atom stereocenters. The summed E-state index contributed by atoms with van der Waals surface area (Å²) in [5, 5.41) is 19.1. The van der Waals surface area contributed by atoms with Crippen LogP contribution >= 0.6 is 0 Å². The Kier molecular flexibility index (Phi) is 25.8. The molecule has 0 aliphatic rings. The van der Waals surface area contributed by atoms with Gasteiger partial charge in [-0.3, -0.25) is 0 Å². The van der Waals surface area contributed by atoms with Crippen LogP contribution in [-0.4, -0.2) is 42.6 Å². The van der Waals surface area contributed by atoms with Gasteiger partial charge >= 0.3 is 0 Å². The van der Waals surface area contributed by atoms with Gasteiger partial charge in [-0.1, -0.05) is 0 Å². The average molecular weight is 208 g/mol. The topological polar surface area (TPSA) is 78.5 Å². The van der Waals surface area contributed by atoms with Crippen molar-refractivity contribution in [3.63, 3.8) is 0 Å². The lowest BCUT2D eigenvalue weighted by Crippen LogP contribution is -2.12. The quantitative estimate of drug-likeness (QED) is 0.504. The number of rotatable bonds is 3. The van der Waals surface area contributed by atoms with E-state index in [1.165, 1.54) is 0 Å². The summed E-state index contributed by atoms with van der Waals surface area (Å²) in [4.78, 5) is 0. The lowest BCUT2D eigenvalue weighted by Gasteiger charge is -1.90. The third kappa shape index (κ3) is 172. The van der Waals surface area contributed by atoms with Crippen LogP contribution in [0.1, 0.15) is 34.1 Å². The first kappa shape index (κ1) is 19.4. The molecule has 14 heavy (non-hydrogen) atoms. The van der Waals surface area contributed by atoms with Crippen molar-refractivity contribution in [1.29, 1.82) is 0 Å². The molecule has 0 aromatic carbocycles. The summed E-state index contributed by atoms with van der Waals surface area (Å²) in [5.41, 5.74) is 5.17. The van der Waals surface area contributed by atoms with Crippen LogP contribution in [0.2, 0.25) is 0 Å². The third-order valence-electron chi connectivity index (χ3n) is 0.631. The molecule has 4 nitrogen and oxygen atoms in total. The molecule has 0 heterocycles. The predicted octanol–water partition coefficient (Wildman–Crippen LogP) is 0.329. The molecular formula is C10H28N2O2. The largest absolute Gasteiger partial charge is 0.394 e. The van der Waals surface area contributed by atoms with Gasteiger partial charge in [-0.2, -0.15) is 0 Å². The molecule has 90 valence electrons. The van der Waals surface area contributed by atoms with Crippen molar-refractivity contribution in [2.75, 3.05) is 20.1 Å². The van der Waals surface area contributed by atoms with Crippen molar-refractivity contribution in [1.82, 2.24) is 5.32 Å². The lowest BCUT2D eigenvalue weighted by atomic mass is 10.4. The minimum Gasteiger partial charge on any atom is -0.394 e. The summed E-state index contributed by atoms with van der Waals surface area (Å²) in [7, 11) is 1.93. The molecule has 0 radical (unpaired) electrons. The summed E-state index contributed by atoms with van der Waals surface area (Å²) < 4.78 is 0. The minimum atomic E-state index is -0.167. The van der Waals surface area contributed by atoms with E-state index in [-0.39, 0.29) is 12.2 Å². The molecule has 0 aromatic rings. The van der Waals surface area contributed by atoms with Crippen LogP contribution in [0.15, 0.2) is 0 Å². The maximum atomic E-state index is 8.06. The Morgan fingerprint density at radius 3 is 1.43 bits per heavy atom. The smallest absolute Gasteiger partial charge is 0.0483 e. The molecule has 5 N–H and O–H groups in total. The van der Waals surface area contributed by atoms with Gasteiger partial charge in [0.05, 0.1) is 0 Å². The predicted molar refractivity (Wildman–Crippen MR) is 62.3 cm³/mol. The zero-order valence-electron chi connectivity index (χ0n) is 10.2. The SMILES string of the molecule is CC(C)O.CC(C)O.CNCCCN. The molecule has 0 saturated heterocycles. The van der Waals surface area contributed by atoms with Crippen LogP contribution in [0.25, 0.3) is 0 Å². The summed E-state index contributed by atoms with van der Waals surface area (Å²) in [6, 6.07) is 0. The lowest BCUT2D eigenvalue weighted by molar-refractivity contribution is 0.215. The van der Waals surface area contributed by atoms with E-state index in [9.17, 15) is 0 Å². The number of aliphatic hydroxyl groups excluding tert-OH is 2. The van der Waals surface area contributed by atoms with Gasteiger partial charge in [0.25, 0.3) is 0 Å². The summed E-state index contributed by atoms with van der Waals surface area (Å²) in [5.74, 6) is 0.